The summed E-state index contributed by atoms with van der Waals surface area (Å²) in [5, 5.41) is 3.23. The zero-order valence-corrected chi connectivity index (χ0v) is 17.6. The van der Waals surface area contributed by atoms with E-state index in [1.165, 1.54) is 25.9 Å². The highest BCUT2D eigenvalue weighted by molar-refractivity contribution is 5.94. The van der Waals surface area contributed by atoms with Crippen molar-refractivity contribution in [1.29, 1.82) is 0 Å². The first-order valence-electron chi connectivity index (χ1n) is 11.2. The minimum atomic E-state index is 0.0199. The summed E-state index contributed by atoms with van der Waals surface area (Å²) in [6.07, 6.45) is 6.22. The third kappa shape index (κ3) is 5.17. The predicted molar refractivity (Wildman–Crippen MR) is 114 cm³/mol. The molecule has 3 saturated heterocycles. The number of hydrogen-bond donors (Lipinski definition) is 1. The summed E-state index contributed by atoms with van der Waals surface area (Å²) in [6.45, 7) is 6.06. The van der Waals surface area contributed by atoms with E-state index >= 15 is 0 Å². The third-order valence-electron chi connectivity index (χ3n) is 6.83. The average Bonchev–Trinajstić information content (AvgIpc) is 3.14. The summed E-state index contributed by atoms with van der Waals surface area (Å²) >= 11 is 0. The summed E-state index contributed by atoms with van der Waals surface area (Å²) in [5.74, 6) is 0.255. The molecule has 3 heterocycles. The maximum Gasteiger partial charge on any atom is 0.251 e. The van der Waals surface area contributed by atoms with Crippen molar-refractivity contribution < 1.29 is 9.59 Å². The van der Waals surface area contributed by atoms with Gasteiger partial charge >= 0.3 is 0 Å². The molecule has 1 N–H and O–H groups in total. The van der Waals surface area contributed by atoms with Crippen molar-refractivity contribution in [3.8, 4) is 0 Å². The Balaban J connectivity index is 1.23. The van der Waals surface area contributed by atoms with Gasteiger partial charge in [-0.3, -0.25) is 9.59 Å². The molecule has 0 saturated carbocycles. The van der Waals surface area contributed by atoms with Crippen LogP contribution >= 0.6 is 0 Å². The predicted octanol–water partition coefficient (Wildman–Crippen LogP) is 2.10. The Morgan fingerprint density at radius 1 is 1.00 bits per heavy atom. The van der Waals surface area contributed by atoms with Crippen LogP contribution in [0.2, 0.25) is 0 Å². The molecule has 1 aromatic carbocycles. The van der Waals surface area contributed by atoms with Gasteiger partial charge in [-0.05, 0) is 69.9 Å². The molecule has 0 bridgehead atoms. The maximum absolute atomic E-state index is 12.6. The van der Waals surface area contributed by atoms with E-state index in [1.54, 1.807) is 0 Å². The average molecular weight is 399 g/mol. The summed E-state index contributed by atoms with van der Waals surface area (Å²) in [4.78, 5) is 31.4. The van der Waals surface area contributed by atoms with Gasteiger partial charge in [0.25, 0.3) is 5.91 Å². The Labute approximate surface area is 174 Å². The topological polar surface area (TPSA) is 55.9 Å². The normalized spacial score (nSPS) is 22.9. The van der Waals surface area contributed by atoms with E-state index in [-0.39, 0.29) is 17.9 Å². The Morgan fingerprint density at radius 3 is 2.31 bits per heavy atom. The fraction of sp³-hybridized carbons (Fsp3) is 0.652. The smallest absolute Gasteiger partial charge is 0.251 e. The first-order chi connectivity index (χ1) is 14.1. The molecule has 0 unspecified atom stereocenters. The summed E-state index contributed by atoms with van der Waals surface area (Å²) in [7, 11) is 2.20. The third-order valence-corrected chi connectivity index (χ3v) is 6.83. The molecular weight excluding hydrogens is 364 g/mol. The summed E-state index contributed by atoms with van der Waals surface area (Å²) in [6, 6.07) is 8.72. The molecule has 1 aromatic rings. The number of hydrogen-bond acceptors (Lipinski definition) is 4. The molecule has 0 radical (unpaired) electrons. The van der Waals surface area contributed by atoms with Crippen molar-refractivity contribution in [1.82, 2.24) is 20.0 Å². The van der Waals surface area contributed by atoms with Gasteiger partial charge < -0.3 is 20.0 Å². The number of likely N-dealkylation sites (tertiary alicyclic amines) is 3. The molecule has 2 amide bonds. The van der Waals surface area contributed by atoms with Gasteiger partial charge in [-0.25, -0.2) is 0 Å². The van der Waals surface area contributed by atoms with Crippen molar-refractivity contribution in [3.63, 3.8) is 0 Å². The van der Waals surface area contributed by atoms with Gasteiger partial charge in [0.15, 0.2) is 0 Å². The zero-order valence-electron chi connectivity index (χ0n) is 17.6. The van der Waals surface area contributed by atoms with Crippen molar-refractivity contribution in [3.05, 3.63) is 35.4 Å². The monoisotopic (exact) mass is 398 g/mol. The number of carbonyl (C=O) groups excluding carboxylic acids is 2. The summed E-state index contributed by atoms with van der Waals surface area (Å²) in [5.41, 5.74) is 1.79. The Hall–Kier alpha value is -1.92. The highest BCUT2D eigenvalue weighted by Crippen LogP contribution is 2.21. The van der Waals surface area contributed by atoms with Gasteiger partial charge in [0.2, 0.25) is 5.91 Å². The second-order valence-corrected chi connectivity index (χ2v) is 8.93. The minimum Gasteiger partial charge on any atom is -0.349 e. The first kappa shape index (κ1) is 20.4. The van der Waals surface area contributed by atoms with Crippen molar-refractivity contribution in [2.45, 2.75) is 57.2 Å². The number of piperidine rings is 2. The molecular formula is C23H34N4O2. The van der Waals surface area contributed by atoms with Crippen LogP contribution in [0.15, 0.2) is 24.3 Å². The van der Waals surface area contributed by atoms with Crippen LogP contribution in [0.4, 0.5) is 0 Å². The van der Waals surface area contributed by atoms with Crippen molar-refractivity contribution in [2.24, 2.45) is 0 Å². The second kappa shape index (κ2) is 9.26. The maximum atomic E-state index is 12.6. The molecule has 3 aliphatic rings. The number of amides is 2. The quantitative estimate of drug-likeness (QED) is 0.825. The minimum absolute atomic E-state index is 0.0199. The lowest BCUT2D eigenvalue weighted by atomic mass is 9.98. The van der Waals surface area contributed by atoms with Gasteiger partial charge in [0, 0.05) is 50.2 Å². The molecule has 3 fully saturated rings. The van der Waals surface area contributed by atoms with Gasteiger partial charge in [-0.2, -0.15) is 0 Å². The molecule has 4 rings (SSSR count). The number of rotatable bonds is 5. The van der Waals surface area contributed by atoms with Crippen molar-refractivity contribution in [2.75, 3.05) is 39.8 Å². The molecule has 0 aliphatic carbocycles. The van der Waals surface area contributed by atoms with E-state index in [9.17, 15) is 9.59 Å². The van der Waals surface area contributed by atoms with Gasteiger partial charge in [0.1, 0.15) is 0 Å². The van der Waals surface area contributed by atoms with Crippen LogP contribution in [0, 0.1) is 0 Å². The molecule has 0 atom stereocenters. The van der Waals surface area contributed by atoms with E-state index < -0.39 is 0 Å². The lowest BCUT2D eigenvalue weighted by Gasteiger charge is -2.41. The zero-order chi connectivity index (χ0) is 20.2. The molecule has 0 aromatic heterocycles. The molecule has 158 valence electrons. The fourth-order valence-corrected chi connectivity index (χ4v) is 4.89. The second-order valence-electron chi connectivity index (χ2n) is 8.93. The molecule has 3 aliphatic heterocycles. The number of nitrogens with one attached hydrogen (secondary N) is 1. The van der Waals surface area contributed by atoms with Crippen molar-refractivity contribution >= 4 is 11.8 Å². The SMILES string of the molecule is CN1CCC(N2CCC(NC(=O)c3ccc(CN4CCCC4=O)cc3)CC2)CC1. The highest BCUT2D eigenvalue weighted by Gasteiger charge is 2.28. The van der Waals surface area contributed by atoms with E-state index in [0.717, 1.165) is 50.5 Å². The van der Waals surface area contributed by atoms with E-state index in [4.69, 9.17) is 0 Å². The number of benzene rings is 1. The van der Waals surface area contributed by atoms with Crippen LogP contribution in [-0.2, 0) is 11.3 Å². The van der Waals surface area contributed by atoms with E-state index in [1.807, 2.05) is 29.2 Å². The largest absolute Gasteiger partial charge is 0.349 e. The highest BCUT2D eigenvalue weighted by atomic mass is 16.2. The fourth-order valence-electron chi connectivity index (χ4n) is 4.89. The van der Waals surface area contributed by atoms with E-state index in [0.29, 0.717) is 18.5 Å². The summed E-state index contributed by atoms with van der Waals surface area (Å²) < 4.78 is 0. The Kier molecular flexibility index (Phi) is 6.50. The van der Waals surface area contributed by atoms with Gasteiger partial charge in [-0.1, -0.05) is 12.1 Å². The Bertz CT molecular complexity index is 704. The standard InChI is InChI=1S/C23H34N4O2/c1-25-13-10-21(11-14-25)26-15-8-20(9-16-26)24-23(29)19-6-4-18(5-7-19)17-27-12-2-3-22(27)28/h4-7,20-21H,2-3,8-17H2,1H3,(H,24,29). The Morgan fingerprint density at radius 2 is 1.69 bits per heavy atom. The van der Waals surface area contributed by atoms with Crippen LogP contribution in [0.5, 0.6) is 0 Å². The van der Waals surface area contributed by atoms with E-state index in [2.05, 4.69) is 22.2 Å². The molecule has 6 heteroatoms. The molecule has 0 spiro atoms. The van der Waals surface area contributed by atoms with Crippen LogP contribution in [0.3, 0.4) is 0 Å². The number of carbonyl (C=O) groups is 2. The van der Waals surface area contributed by atoms with Crippen LogP contribution in [-0.4, -0.2) is 78.4 Å². The molecule has 29 heavy (non-hydrogen) atoms. The lowest BCUT2D eigenvalue weighted by molar-refractivity contribution is -0.128. The first-order valence-corrected chi connectivity index (χ1v) is 11.2. The van der Waals surface area contributed by atoms with Gasteiger partial charge in [-0.15, -0.1) is 0 Å². The molecule has 6 nitrogen and oxygen atoms in total. The van der Waals surface area contributed by atoms with Gasteiger partial charge in [0.05, 0.1) is 0 Å². The van der Waals surface area contributed by atoms with Crippen LogP contribution < -0.4 is 5.32 Å². The number of nitrogens with zero attached hydrogens (tertiary/aromatic N) is 3. The lowest BCUT2D eigenvalue weighted by Crippen LogP contribution is -2.50. The van der Waals surface area contributed by atoms with Crippen LogP contribution in [0.25, 0.3) is 0 Å². The van der Waals surface area contributed by atoms with Crippen LogP contribution in [0.1, 0.15) is 54.4 Å².